The second-order valence-corrected chi connectivity index (χ2v) is 14.1. The Kier molecular flexibility index (Phi) is 6.39. The Morgan fingerprint density at radius 1 is 0.828 bits per heavy atom. The molecule has 4 rings (SSSR count). The fourth-order valence-corrected chi connectivity index (χ4v) is 9.83. The van der Waals surface area contributed by atoms with Gasteiger partial charge in [0, 0.05) is 0 Å². The first-order chi connectivity index (χ1) is 14.2. The van der Waals surface area contributed by atoms with Crippen molar-refractivity contribution in [2.24, 2.45) is 5.92 Å². The zero-order valence-corrected chi connectivity index (χ0v) is 19.8. The van der Waals surface area contributed by atoms with Crippen LogP contribution in [0.2, 0.25) is 11.9 Å². The van der Waals surface area contributed by atoms with Gasteiger partial charge in [0.15, 0.2) is 0 Å². The van der Waals surface area contributed by atoms with E-state index in [2.05, 4.69) is 111 Å². The first-order valence-electron chi connectivity index (χ1n) is 10.3. The van der Waals surface area contributed by atoms with Gasteiger partial charge < -0.3 is 0 Å². The van der Waals surface area contributed by atoms with Crippen LogP contribution in [0.3, 0.4) is 0 Å². The normalized spacial score (nSPS) is 19.3. The first-order valence-corrected chi connectivity index (χ1v) is 14.9. The van der Waals surface area contributed by atoms with Gasteiger partial charge in [-0.2, -0.15) is 0 Å². The van der Waals surface area contributed by atoms with Crippen LogP contribution in [-0.4, -0.2) is 29.1 Å². The molecule has 3 heteroatoms. The van der Waals surface area contributed by atoms with E-state index in [9.17, 15) is 0 Å². The number of ether oxygens (including phenoxy) is 1. The van der Waals surface area contributed by atoms with Crippen LogP contribution in [0.4, 0.5) is 0 Å². The molecular weight excluding hydrogens is 435 g/mol. The number of allylic oxidation sites excluding steroid dienone is 1. The van der Waals surface area contributed by atoms with Crippen molar-refractivity contribution >= 4 is 37.9 Å². The van der Waals surface area contributed by atoms with E-state index in [1.807, 2.05) is 0 Å². The van der Waals surface area contributed by atoms with Gasteiger partial charge in [0.1, 0.15) is 0 Å². The average Bonchev–Trinajstić information content (AvgIpc) is 2.80. The standard InChI is InChI=1S/C26H28OSeSi/c1-21-18-19-26(27-25(21)20-28-22-12-6-3-7-13-22)29(2,23-14-8-4-9-15-23)24-16-10-5-11-17-24/h3-17,19,21,25H,18,20H2,1-2H3. The molecule has 0 saturated carbocycles. The molecule has 1 aliphatic heterocycles. The van der Waals surface area contributed by atoms with E-state index in [4.69, 9.17) is 4.74 Å². The summed E-state index contributed by atoms with van der Waals surface area (Å²) in [7, 11) is -2.13. The fraction of sp³-hybridized carbons (Fsp3) is 0.231. The van der Waals surface area contributed by atoms with E-state index in [1.54, 1.807) is 0 Å². The van der Waals surface area contributed by atoms with E-state index in [-0.39, 0.29) is 0 Å². The zero-order valence-electron chi connectivity index (χ0n) is 17.1. The Bertz CT molecular complexity index is 901. The summed E-state index contributed by atoms with van der Waals surface area (Å²) in [5.41, 5.74) is 0. The van der Waals surface area contributed by atoms with Gasteiger partial charge in [-0.05, 0) is 0 Å². The van der Waals surface area contributed by atoms with Crippen molar-refractivity contribution in [3.63, 3.8) is 0 Å². The van der Waals surface area contributed by atoms with Crippen molar-refractivity contribution in [2.75, 3.05) is 0 Å². The van der Waals surface area contributed by atoms with Crippen LogP contribution in [0, 0.1) is 5.92 Å². The maximum atomic E-state index is 6.83. The van der Waals surface area contributed by atoms with E-state index in [0.29, 0.717) is 27.0 Å². The van der Waals surface area contributed by atoms with E-state index >= 15 is 0 Å². The molecule has 3 aromatic rings. The van der Waals surface area contributed by atoms with Crippen molar-refractivity contribution in [2.45, 2.75) is 31.3 Å². The Morgan fingerprint density at radius 3 is 1.90 bits per heavy atom. The molecule has 2 unspecified atom stereocenters. The second kappa shape index (κ2) is 9.17. The summed E-state index contributed by atoms with van der Waals surface area (Å²) in [6.45, 7) is 4.78. The number of benzene rings is 3. The predicted molar refractivity (Wildman–Crippen MR) is 127 cm³/mol. The Balaban J connectivity index is 1.63. The molecule has 0 amide bonds. The van der Waals surface area contributed by atoms with Gasteiger partial charge in [0.2, 0.25) is 0 Å². The SMILES string of the molecule is CC1CC=C([Si](C)(c2ccccc2)c2ccccc2)OC1C[Se]c1ccccc1. The Labute approximate surface area is 182 Å². The summed E-state index contributed by atoms with van der Waals surface area (Å²) in [6, 6.07) is 32.8. The molecule has 148 valence electrons. The average molecular weight is 464 g/mol. The van der Waals surface area contributed by atoms with Crippen molar-refractivity contribution in [1.29, 1.82) is 0 Å². The minimum atomic E-state index is -2.13. The van der Waals surface area contributed by atoms with Crippen LogP contribution < -0.4 is 14.8 Å². The monoisotopic (exact) mass is 464 g/mol. The van der Waals surface area contributed by atoms with Crippen molar-refractivity contribution < 1.29 is 4.74 Å². The maximum absolute atomic E-state index is 6.83. The first kappa shape index (κ1) is 20.2. The number of hydrogen-bond donors (Lipinski definition) is 0. The summed E-state index contributed by atoms with van der Waals surface area (Å²) < 4.78 is 8.29. The minimum absolute atomic E-state index is 0.300. The summed E-state index contributed by atoms with van der Waals surface area (Å²) in [5.74, 6) is 0.564. The number of rotatable bonds is 6. The van der Waals surface area contributed by atoms with Crippen molar-refractivity contribution in [3.05, 3.63) is 102 Å². The molecule has 0 fully saturated rings. The molecule has 1 heterocycles. The van der Waals surface area contributed by atoms with Crippen LogP contribution in [0.25, 0.3) is 0 Å². The van der Waals surface area contributed by atoms with Gasteiger partial charge >= 0.3 is 182 Å². The summed E-state index contributed by atoms with van der Waals surface area (Å²) in [4.78, 5) is 0. The van der Waals surface area contributed by atoms with Gasteiger partial charge in [-0.15, -0.1) is 0 Å². The zero-order chi connectivity index (χ0) is 20.1. The molecule has 2 atom stereocenters. The fourth-order valence-electron chi connectivity index (χ4n) is 3.98. The van der Waals surface area contributed by atoms with Crippen LogP contribution in [0.1, 0.15) is 13.3 Å². The van der Waals surface area contributed by atoms with Crippen LogP contribution in [-0.2, 0) is 4.74 Å². The van der Waals surface area contributed by atoms with Crippen LogP contribution in [0.15, 0.2) is 102 Å². The topological polar surface area (TPSA) is 9.23 Å². The Hall–Kier alpha value is -2.06. The molecule has 3 aromatic carbocycles. The molecule has 0 radical (unpaired) electrons. The Morgan fingerprint density at radius 2 is 1.34 bits per heavy atom. The van der Waals surface area contributed by atoms with Gasteiger partial charge in [-0.25, -0.2) is 0 Å². The number of hydrogen-bond acceptors (Lipinski definition) is 1. The van der Waals surface area contributed by atoms with E-state index in [0.717, 1.165) is 11.7 Å². The molecule has 0 spiro atoms. The summed E-state index contributed by atoms with van der Waals surface area (Å²) >= 11 is 0.445. The predicted octanol–water partition coefficient (Wildman–Crippen LogP) is 4.18. The van der Waals surface area contributed by atoms with Gasteiger partial charge in [0.25, 0.3) is 0 Å². The third-order valence-corrected chi connectivity index (χ3v) is 12.5. The molecule has 0 aliphatic carbocycles. The summed E-state index contributed by atoms with van der Waals surface area (Å²) in [5, 5.41) is 5.20. The van der Waals surface area contributed by atoms with Gasteiger partial charge in [-0.1, -0.05) is 0 Å². The molecule has 0 aromatic heterocycles. The van der Waals surface area contributed by atoms with Gasteiger partial charge in [-0.3, -0.25) is 0 Å². The van der Waals surface area contributed by atoms with Gasteiger partial charge in [0.05, 0.1) is 0 Å². The molecule has 0 N–H and O–H groups in total. The molecule has 1 aliphatic rings. The second-order valence-electron chi connectivity index (χ2n) is 7.92. The molecule has 29 heavy (non-hydrogen) atoms. The third-order valence-electron chi connectivity index (χ3n) is 5.94. The van der Waals surface area contributed by atoms with Crippen LogP contribution in [0.5, 0.6) is 0 Å². The van der Waals surface area contributed by atoms with E-state index < -0.39 is 8.07 Å². The van der Waals surface area contributed by atoms with Crippen LogP contribution >= 0.6 is 0 Å². The molecule has 0 saturated heterocycles. The van der Waals surface area contributed by atoms with Crippen molar-refractivity contribution in [3.8, 4) is 0 Å². The molecule has 1 nitrogen and oxygen atoms in total. The molecule has 0 bridgehead atoms. The molecular formula is C26H28OSeSi. The third kappa shape index (κ3) is 4.43. The van der Waals surface area contributed by atoms with Crippen molar-refractivity contribution in [1.82, 2.24) is 0 Å². The van der Waals surface area contributed by atoms with E-state index in [1.165, 1.54) is 20.2 Å². The summed E-state index contributed by atoms with van der Waals surface area (Å²) in [6.07, 6.45) is 3.80. The quantitative estimate of drug-likeness (QED) is 0.499.